The first-order chi connectivity index (χ1) is 7.09. The molecule has 2 nitrogen and oxygen atoms in total. The second kappa shape index (κ2) is 5.54. The minimum atomic E-state index is 0.0585. The highest BCUT2D eigenvalue weighted by atomic mass is 16.1. The van der Waals surface area contributed by atoms with E-state index in [1.165, 1.54) is 5.56 Å². The third-order valence-electron chi connectivity index (χ3n) is 2.30. The van der Waals surface area contributed by atoms with E-state index in [1.54, 1.807) is 0 Å². The van der Waals surface area contributed by atoms with Crippen LogP contribution in [-0.4, -0.2) is 11.9 Å². The summed E-state index contributed by atoms with van der Waals surface area (Å²) in [5.41, 5.74) is 1.26. The number of hydrogen-bond donors (Lipinski definition) is 1. The minimum Gasteiger partial charge on any atom is -0.353 e. The number of carbonyl (C=O) groups is 1. The van der Waals surface area contributed by atoms with Crippen LogP contribution in [0.25, 0.3) is 0 Å². The zero-order chi connectivity index (χ0) is 11.3. The SMILES string of the molecule is CC(C)C(=O)N[C@@H](C)Cc1ccccc1. The maximum Gasteiger partial charge on any atom is 0.222 e. The fraction of sp³-hybridized carbons (Fsp3) is 0.462. The molecule has 1 amide bonds. The van der Waals surface area contributed by atoms with Gasteiger partial charge < -0.3 is 5.32 Å². The fourth-order valence-electron chi connectivity index (χ4n) is 1.43. The van der Waals surface area contributed by atoms with Gasteiger partial charge in [-0.1, -0.05) is 44.2 Å². The molecule has 82 valence electrons. The van der Waals surface area contributed by atoms with Crippen molar-refractivity contribution in [1.29, 1.82) is 0 Å². The summed E-state index contributed by atoms with van der Waals surface area (Å²) in [6.07, 6.45) is 0.888. The molecule has 2 heteroatoms. The molecule has 0 aliphatic heterocycles. The molecular weight excluding hydrogens is 186 g/mol. The summed E-state index contributed by atoms with van der Waals surface area (Å²) in [5, 5.41) is 2.99. The van der Waals surface area contributed by atoms with E-state index < -0.39 is 0 Å². The predicted molar refractivity (Wildman–Crippen MR) is 62.6 cm³/mol. The highest BCUT2D eigenvalue weighted by molar-refractivity contribution is 5.78. The molecule has 1 aromatic carbocycles. The van der Waals surface area contributed by atoms with Gasteiger partial charge in [0.15, 0.2) is 0 Å². The Morgan fingerprint density at radius 3 is 2.33 bits per heavy atom. The van der Waals surface area contributed by atoms with Crippen molar-refractivity contribution in [2.45, 2.75) is 33.2 Å². The number of carbonyl (C=O) groups excluding carboxylic acids is 1. The molecule has 0 aliphatic rings. The lowest BCUT2D eigenvalue weighted by molar-refractivity contribution is -0.124. The molecule has 0 heterocycles. The molecule has 1 aromatic rings. The van der Waals surface area contributed by atoms with Crippen molar-refractivity contribution >= 4 is 5.91 Å². The van der Waals surface area contributed by atoms with Gasteiger partial charge in [0.1, 0.15) is 0 Å². The standard InChI is InChI=1S/C13H19NO/c1-10(2)13(15)14-11(3)9-12-7-5-4-6-8-12/h4-8,10-11H,9H2,1-3H3,(H,14,15)/t11-/m0/s1. The molecule has 0 aliphatic carbocycles. The van der Waals surface area contributed by atoms with Crippen molar-refractivity contribution in [3.05, 3.63) is 35.9 Å². The van der Waals surface area contributed by atoms with Gasteiger partial charge in [-0.3, -0.25) is 4.79 Å². The molecular formula is C13H19NO. The van der Waals surface area contributed by atoms with Crippen LogP contribution >= 0.6 is 0 Å². The Kier molecular flexibility index (Phi) is 4.35. The summed E-state index contributed by atoms with van der Waals surface area (Å²) >= 11 is 0. The molecule has 0 bridgehead atoms. The zero-order valence-electron chi connectivity index (χ0n) is 9.66. The molecule has 0 fully saturated rings. The largest absolute Gasteiger partial charge is 0.353 e. The van der Waals surface area contributed by atoms with E-state index >= 15 is 0 Å². The second-order valence-corrected chi connectivity index (χ2v) is 4.25. The van der Waals surface area contributed by atoms with Gasteiger partial charge in [-0.25, -0.2) is 0 Å². The quantitative estimate of drug-likeness (QED) is 0.803. The van der Waals surface area contributed by atoms with Gasteiger partial charge in [0, 0.05) is 12.0 Å². The average Bonchev–Trinajstić information content (AvgIpc) is 2.18. The molecule has 15 heavy (non-hydrogen) atoms. The van der Waals surface area contributed by atoms with Crippen molar-refractivity contribution in [2.75, 3.05) is 0 Å². The predicted octanol–water partition coefficient (Wildman–Crippen LogP) is 2.39. The monoisotopic (exact) mass is 205 g/mol. The minimum absolute atomic E-state index is 0.0585. The van der Waals surface area contributed by atoms with E-state index in [2.05, 4.69) is 17.4 Å². The summed E-state index contributed by atoms with van der Waals surface area (Å²) in [6, 6.07) is 10.4. The van der Waals surface area contributed by atoms with E-state index in [4.69, 9.17) is 0 Å². The van der Waals surface area contributed by atoms with Crippen LogP contribution in [0.4, 0.5) is 0 Å². The van der Waals surface area contributed by atoms with E-state index in [9.17, 15) is 4.79 Å². The second-order valence-electron chi connectivity index (χ2n) is 4.25. The summed E-state index contributed by atoms with van der Waals surface area (Å²) < 4.78 is 0. The number of hydrogen-bond acceptors (Lipinski definition) is 1. The molecule has 1 atom stereocenters. The maximum atomic E-state index is 11.4. The highest BCUT2D eigenvalue weighted by Gasteiger charge is 2.10. The Balaban J connectivity index is 2.43. The lowest BCUT2D eigenvalue weighted by Gasteiger charge is -2.15. The van der Waals surface area contributed by atoms with Crippen LogP contribution in [0.3, 0.4) is 0 Å². The van der Waals surface area contributed by atoms with E-state index in [1.807, 2.05) is 39.0 Å². The highest BCUT2D eigenvalue weighted by Crippen LogP contribution is 2.03. The average molecular weight is 205 g/mol. The molecule has 0 saturated heterocycles. The Bertz CT molecular complexity index is 306. The fourth-order valence-corrected chi connectivity index (χ4v) is 1.43. The van der Waals surface area contributed by atoms with Crippen molar-refractivity contribution in [2.24, 2.45) is 5.92 Å². The molecule has 0 radical (unpaired) electrons. The topological polar surface area (TPSA) is 29.1 Å². The van der Waals surface area contributed by atoms with Crippen LogP contribution < -0.4 is 5.32 Å². The van der Waals surface area contributed by atoms with Crippen molar-refractivity contribution in [1.82, 2.24) is 5.32 Å². The molecule has 0 spiro atoms. The maximum absolute atomic E-state index is 11.4. The van der Waals surface area contributed by atoms with Gasteiger partial charge in [-0.15, -0.1) is 0 Å². The van der Waals surface area contributed by atoms with Crippen LogP contribution in [-0.2, 0) is 11.2 Å². The van der Waals surface area contributed by atoms with Gasteiger partial charge in [0.25, 0.3) is 0 Å². The van der Waals surface area contributed by atoms with Crippen molar-refractivity contribution < 1.29 is 4.79 Å². The Labute approximate surface area is 91.7 Å². The van der Waals surface area contributed by atoms with Crippen molar-refractivity contribution in [3.63, 3.8) is 0 Å². The Morgan fingerprint density at radius 1 is 1.20 bits per heavy atom. The Morgan fingerprint density at radius 2 is 1.80 bits per heavy atom. The molecule has 0 aromatic heterocycles. The van der Waals surface area contributed by atoms with Gasteiger partial charge in [-0.05, 0) is 18.9 Å². The first-order valence-corrected chi connectivity index (χ1v) is 5.44. The first-order valence-electron chi connectivity index (χ1n) is 5.44. The summed E-state index contributed by atoms with van der Waals surface area (Å²) in [4.78, 5) is 11.4. The summed E-state index contributed by atoms with van der Waals surface area (Å²) in [5.74, 6) is 0.182. The first kappa shape index (κ1) is 11.8. The normalized spacial score (nSPS) is 12.5. The van der Waals surface area contributed by atoms with Gasteiger partial charge >= 0.3 is 0 Å². The van der Waals surface area contributed by atoms with Crippen LogP contribution in [0.2, 0.25) is 0 Å². The lowest BCUT2D eigenvalue weighted by atomic mass is 10.1. The lowest BCUT2D eigenvalue weighted by Crippen LogP contribution is -2.36. The number of amides is 1. The molecule has 1 rings (SSSR count). The number of benzene rings is 1. The van der Waals surface area contributed by atoms with Crippen molar-refractivity contribution in [3.8, 4) is 0 Å². The zero-order valence-corrected chi connectivity index (χ0v) is 9.66. The summed E-state index contributed by atoms with van der Waals surface area (Å²) in [6.45, 7) is 5.85. The van der Waals surface area contributed by atoms with Gasteiger partial charge in [0.05, 0.1) is 0 Å². The number of rotatable bonds is 4. The number of nitrogens with one attached hydrogen (secondary N) is 1. The van der Waals surface area contributed by atoms with Crippen LogP contribution in [0.15, 0.2) is 30.3 Å². The van der Waals surface area contributed by atoms with E-state index in [-0.39, 0.29) is 17.9 Å². The Hall–Kier alpha value is -1.31. The van der Waals surface area contributed by atoms with Crippen LogP contribution in [0, 0.1) is 5.92 Å². The molecule has 0 saturated carbocycles. The smallest absolute Gasteiger partial charge is 0.222 e. The van der Waals surface area contributed by atoms with Crippen LogP contribution in [0.5, 0.6) is 0 Å². The van der Waals surface area contributed by atoms with Gasteiger partial charge in [-0.2, -0.15) is 0 Å². The molecule has 0 unspecified atom stereocenters. The third kappa shape index (κ3) is 4.15. The van der Waals surface area contributed by atoms with E-state index in [0.29, 0.717) is 0 Å². The van der Waals surface area contributed by atoms with Gasteiger partial charge in [0.2, 0.25) is 5.91 Å². The van der Waals surface area contributed by atoms with E-state index in [0.717, 1.165) is 6.42 Å². The third-order valence-corrected chi connectivity index (χ3v) is 2.30. The summed E-state index contributed by atoms with van der Waals surface area (Å²) in [7, 11) is 0. The van der Waals surface area contributed by atoms with Crippen LogP contribution in [0.1, 0.15) is 26.3 Å². The molecule has 1 N–H and O–H groups in total.